The predicted molar refractivity (Wildman–Crippen MR) is 103 cm³/mol. The van der Waals surface area contributed by atoms with Gasteiger partial charge in [-0.05, 0) is 35.2 Å². The first-order valence-corrected chi connectivity index (χ1v) is 9.34. The number of hydrogen-bond donors (Lipinski definition) is 2. The molecule has 0 saturated carbocycles. The number of benzene rings is 2. The molecule has 0 atom stereocenters. The smallest absolute Gasteiger partial charge is 0.315 e. The Morgan fingerprint density at radius 3 is 2.59 bits per heavy atom. The summed E-state index contributed by atoms with van der Waals surface area (Å²) >= 11 is 0. The number of amides is 2. The van der Waals surface area contributed by atoms with Gasteiger partial charge in [-0.3, -0.25) is 4.90 Å². The molecule has 0 bridgehead atoms. The van der Waals surface area contributed by atoms with Gasteiger partial charge in [-0.15, -0.1) is 0 Å². The molecule has 6 heteroatoms. The minimum absolute atomic E-state index is 0.215. The first-order valence-electron chi connectivity index (χ1n) is 9.34. The van der Waals surface area contributed by atoms with E-state index >= 15 is 0 Å². The highest BCUT2D eigenvalue weighted by atomic mass is 19.1. The number of ether oxygens (including phenoxy) is 1. The molecule has 1 saturated heterocycles. The molecule has 0 spiro atoms. The fourth-order valence-electron chi connectivity index (χ4n) is 3.14. The topological polar surface area (TPSA) is 53.6 Å². The number of urea groups is 1. The molecule has 0 unspecified atom stereocenters. The monoisotopic (exact) mass is 371 g/mol. The van der Waals surface area contributed by atoms with Crippen molar-refractivity contribution in [3.8, 4) is 0 Å². The summed E-state index contributed by atoms with van der Waals surface area (Å²) in [4.78, 5) is 14.4. The van der Waals surface area contributed by atoms with Gasteiger partial charge in [0.05, 0.1) is 13.2 Å². The second-order valence-corrected chi connectivity index (χ2v) is 6.65. The number of nitrogens with one attached hydrogen (secondary N) is 2. The normalized spacial score (nSPS) is 14.7. The van der Waals surface area contributed by atoms with Crippen molar-refractivity contribution in [2.75, 3.05) is 32.8 Å². The lowest BCUT2D eigenvalue weighted by atomic mass is 10.1. The van der Waals surface area contributed by atoms with Crippen LogP contribution >= 0.6 is 0 Å². The second kappa shape index (κ2) is 10.0. The van der Waals surface area contributed by atoms with E-state index in [2.05, 4.69) is 21.6 Å². The van der Waals surface area contributed by atoms with Crippen molar-refractivity contribution in [3.63, 3.8) is 0 Å². The summed E-state index contributed by atoms with van der Waals surface area (Å²) in [5, 5.41) is 5.73. The Kier molecular flexibility index (Phi) is 7.19. The summed E-state index contributed by atoms with van der Waals surface area (Å²) in [5.41, 5.74) is 3.20. The third kappa shape index (κ3) is 6.34. The van der Waals surface area contributed by atoms with E-state index in [1.165, 1.54) is 17.7 Å². The van der Waals surface area contributed by atoms with Crippen LogP contribution in [0.1, 0.15) is 16.7 Å². The average molecular weight is 371 g/mol. The van der Waals surface area contributed by atoms with Crippen LogP contribution in [0.15, 0.2) is 48.5 Å². The second-order valence-electron chi connectivity index (χ2n) is 6.65. The Hall–Kier alpha value is -2.44. The van der Waals surface area contributed by atoms with Gasteiger partial charge in [0, 0.05) is 32.7 Å². The first-order chi connectivity index (χ1) is 13.2. The van der Waals surface area contributed by atoms with Gasteiger partial charge in [-0.25, -0.2) is 9.18 Å². The van der Waals surface area contributed by atoms with Crippen molar-refractivity contribution >= 4 is 6.03 Å². The summed E-state index contributed by atoms with van der Waals surface area (Å²) in [5.74, 6) is -0.256. The van der Waals surface area contributed by atoms with E-state index in [9.17, 15) is 9.18 Å². The Labute approximate surface area is 159 Å². The number of halogens is 1. The van der Waals surface area contributed by atoms with E-state index in [0.29, 0.717) is 19.5 Å². The van der Waals surface area contributed by atoms with Crippen LogP contribution in [0.5, 0.6) is 0 Å². The number of carbonyl (C=O) groups is 1. The van der Waals surface area contributed by atoms with Crippen molar-refractivity contribution in [2.24, 2.45) is 0 Å². The van der Waals surface area contributed by atoms with E-state index in [4.69, 9.17) is 4.74 Å². The number of rotatable bonds is 7. The molecule has 1 aliphatic heterocycles. The molecular weight excluding hydrogens is 345 g/mol. The third-order valence-corrected chi connectivity index (χ3v) is 4.64. The summed E-state index contributed by atoms with van der Waals surface area (Å²) in [6.07, 6.45) is 0.596. The lowest BCUT2D eigenvalue weighted by Gasteiger charge is -2.27. The molecule has 2 aromatic rings. The fourth-order valence-corrected chi connectivity index (χ4v) is 3.14. The Morgan fingerprint density at radius 2 is 1.81 bits per heavy atom. The van der Waals surface area contributed by atoms with Crippen LogP contribution in [0.4, 0.5) is 9.18 Å². The quantitative estimate of drug-likeness (QED) is 0.787. The molecule has 144 valence electrons. The average Bonchev–Trinajstić information content (AvgIpc) is 2.68. The summed E-state index contributed by atoms with van der Waals surface area (Å²) in [7, 11) is 0. The Balaban J connectivity index is 1.44. The third-order valence-electron chi connectivity index (χ3n) is 4.64. The van der Waals surface area contributed by atoms with E-state index < -0.39 is 0 Å². The molecular formula is C21H26FN3O2. The number of carbonyl (C=O) groups excluding carboxylic acids is 1. The largest absolute Gasteiger partial charge is 0.379 e. The molecule has 1 aliphatic rings. The molecule has 0 aromatic heterocycles. The molecule has 0 aliphatic carbocycles. The summed E-state index contributed by atoms with van der Waals surface area (Å²) in [6, 6.07) is 14.4. The SMILES string of the molecule is O=C(NCCc1cccc(F)c1)NCc1ccccc1CN1CCOCC1. The molecule has 2 N–H and O–H groups in total. The van der Waals surface area contributed by atoms with Crippen LogP contribution in [0, 0.1) is 5.82 Å². The van der Waals surface area contributed by atoms with E-state index in [0.717, 1.165) is 44.0 Å². The van der Waals surface area contributed by atoms with Gasteiger partial charge in [0.1, 0.15) is 5.82 Å². The molecule has 27 heavy (non-hydrogen) atoms. The van der Waals surface area contributed by atoms with Crippen LogP contribution < -0.4 is 10.6 Å². The molecule has 1 fully saturated rings. The highest BCUT2D eigenvalue weighted by Crippen LogP contribution is 2.13. The summed E-state index contributed by atoms with van der Waals surface area (Å²) in [6.45, 7) is 5.21. The standard InChI is InChI=1S/C21H26FN3O2/c22-20-7-3-4-17(14-20)8-9-23-21(26)24-15-18-5-1-2-6-19(18)16-25-10-12-27-13-11-25/h1-7,14H,8-13,15-16H2,(H2,23,24,26). The van der Waals surface area contributed by atoms with Crippen molar-refractivity contribution in [2.45, 2.75) is 19.5 Å². The van der Waals surface area contributed by atoms with Gasteiger partial charge in [-0.2, -0.15) is 0 Å². The summed E-state index contributed by atoms with van der Waals surface area (Å²) < 4.78 is 18.6. The molecule has 1 heterocycles. The maximum absolute atomic E-state index is 13.2. The Bertz CT molecular complexity index is 748. The molecule has 0 radical (unpaired) electrons. The maximum Gasteiger partial charge on any atom is 0.315 e. The molecule has 2 aromatic carbocycles. The van der Waals surface area contributed by atoms with Gasteiger partial charge in [0.25, 0.3) is 0 Å². The highest BCUT2D eigenvalue weighted by Gasteiger charge is 2.13. The van der Waals surface area contributed by atoms with Crippen molar-refractivity contribution in [3.05, 3.63) is 71.0 Å². The van der Waals surface area contributed by atoms with Crippen molar-refractivity contribution < 1.29 is 13.9 Å². The fraction of sp³-hybridized carbons (Fsp3) is 0.381. The molecule has 5 nitrogen and oxygen atoms in total. The lowest BCUT2D eigenvalue weighted by Crippen LogP contribution is -2.37. The van der Waals surface area contributed by atoms with Crippen molar-refractivity contribution in [1.29, 1.82) is 0 Å². The maximum atomic E-state index is 13.2. The first kappa shape index (κ1) is 19.3. The zero-order valence-corrected chi connectivity index (χ0v) is 15.4. The van der Waals surface area contributed by atoms with Crippen LogP contribution in [-0.4, -0.2) is 43.8 Å². The number of nitrogens with zero attached hydrogens (tertiary/aromatic N) is 1. The van der Waals surface area contributed by atoms with Gasteiger partial charge in [0.15, 0.2) is 0 Å². The van der Waals surface area contributed by atoms with Gasteiger partial charge < -0.3 is 15.4 Å². The van der Waals surface area contributed by atoms with Gasteiger partial charge in [0.2, 0.25) is 0 Å². The molecule has 3 rings (SSSR count). The van der Waals surface area contributed by atoms with Crippen molar-refractivity contribution in [1.82, 2.24) is 15.5 Å². The van der Waals surface area contributed by atoms with E-state index in [1.54, 1.807) is 6.07 Å². The number of morpholine rings is 1. The Morgan fingerprint density at radius 1 is 1.04 bits per heavy atom. The van der Waals surface area contributed by atoms with Gasteiger partial charge >= 0.3 is 6.03 Å². The van der Waals surface area contributed by atoms with Crippen LogP contribution in [0.3, 0.4) is 0 Å². The van der Waals surface area contributed by atoms with Gasteiger partial charge in [-0.1, -0.05) is 36.4 Å². The number of hydrogen-bond acceptors (Lipinski definition) is 3. The predicted octanol–water partition coefficient (Wildman–Crippen LogP) is 2.70. The molecule has 2 amide bonds. The lowest BCUT2D eigenvalue weighted by molar-refractivity contribution is 0.0341. The highest BCUT2D eigenvalue weighted by molar-refractivity contribution is 5.73. The van der Waals surface area contributed by atoms with Crippen LogP contribution in [0.2, 0.25) is 0 Å². The van der Waals surface area contributed by atoms with Crippen LogP contribution in [-0.2, 0) is 24.2 Å². The zero-order valence-electron chi connectivity index (χ0n) is 15.4. The minimum atomic E-state index is -0.256. The minimum Gasteiger partial charge on any atom is -0.379 e. The zero-order chi connectivity index (χ0) is 18.9. The van der Waals surface area contributed by atoms with E-state index in [-0.39, 0.29) is 11.8 Å². The van der Waals surface area contributed by atoms with Crippen LogP contribution in [0.25, 0.3) is 0 Å². The van der Waals surface area contributed by atoms with E-state index in [1.807, 2.05) is 24.3 Å².